The predicted octanol–water partition coefficient (Wildman–Crippen LogP) is 2.08. The first kappa shape index (κ1) is 18.6. The molecule has 0 atom stereocenters. The summed E-state index contributed by atoms with van der Waals surface area (Å²) in [5, 5.41) is 24.3. The van der Waals surface area contributed by atoms with E-state index in [4.69, 9.17) is 5.11 Å². The van der Waals surface area contributed by atoms with Crippen LogP contribution in [0.3, 0.4) is 0 Å². The van der Waals surface area contributed by atoms with Crippen molar-refractivity contribution in [1.29, 1.82) is 0 Å². The minimum absolute atomic E-state index is 0.0180. The van der Waals surface area contributed by atoms with Gasteiger partial charge in [0.25, 0.3) is 0 Å². The van der Waals surface area contributed by atoms with Gasteiger partial charge in [0.2, 0.25) is 5.91 Å². The largest absolute Gasteiger partial charge is 0.478 e. The Bertz CT molecular complexity index is 934. The van der Waals surface area contributed by atoms with Gasteiger partial charge in [-0.3, -0.25) is 19.6 Å². The number of fused-ring (bicyclic) bond motifs is 1. The summed E-state index contributed by atoms with van der Waals surface area (Å²) < 4.78 is 1.49. The molecule has 0 radical (unpaired) electrons. The molecule has 27 heavy (non-hydrogen) atoms. The van der Waals surface area contributed by atoms with Crippen molar-refractivity contribution in [3.8, 4) is 0 Å². The number of aromatic carboxylic acids is 1. The first-order valence-electron chi connectivity index (χ1n) is 8.59. The molecule has 1 aromatic heterocycles. The van der Waals surface area contributed by atoms with Crippen molar-refractivity contribution in [2.75, 3.05) is 6.54 Å². The second kappa shape index (κ2) is 7.18. The first-order valence-corrected chi connectivity index (χ1v) is 8.59. The fourth-order valence-electron chi connectivity index (χ4n) is 3.43. The van der Waals surface area contributed by atoms with Gasteiger partial charge < -0.3 is 10.0 Å². The zero-order valence-electron chi connectivity index (χ0n) is 15.1. The van der Waals surface area contributed by atoms with Gasteiger partial charge in [0.15, 0.2) is 0 Å². The Balaban J connectivity index is 1.68. The van der Waals surface area contributed by atoms with Crippen molar-refractivity contribution in [2.45, 2.75) is 39.8 Å². The minimum atomic E-state index is -0.993. The Kier molecular flexibility index (Phi) is 4.93. The van der Waals surface area contributed by atoms with Crippen molar-refractivity contribution in [1.82, 2.24) is 14.7 Å². The van der Waals surface area contributed by atoms with Gasteiger partial charge in [-0.2, -0.15) is 5.10 Å². The van der Waals surface area contributed by atoms with Crippen LogP contribution >= 0.6 is 0 Å². The molecule has 0 spiro atoms. The highest BCUT2D eigenvalue weighted by atomic mass is 16.6. The maximum absolute atomic E-state index is 12.6. The van der Waals surface area contributed by atoms with Crippen LogP contribution < -0.4 is 0 Å². The normalized spacial score (nSPS) is 13.3. The third kappa shape index (κ3) is 3.67. The highest BCUT2D eigenvalue weighted by Gasteiger charge is 2.24. The molecular weight excluding hydrogens is 352 g/mol. The molecule has 3 rings (SSSR count). The number of carbonyl (C=O) groups excluding carboxylic acids is 1. The maximum atomic E-state index is 12.6. The van der Waals surface area contributed by atoms with Crippen LogP contribution in [0.2, 0.25) is 0 Å². The number of carboxylic acid groups (broad SMARTS) is 1. The van der Waals surface area contributed by atoms with Gasteiger partial charge in [0, 0.05) is 19.5 Å². The van der Waals surface area contributed by atoms with E-state index in [0.29, 0.717) is 30.9 Å². The van der Waals surface area contributed by atoms with Gasteiger partial charge in [-0.15, -0.1) is 0 Å². The summed E-state index contributed by atoms with van der Waals surface area (Å²) in [6, 6.07) is 4.99. The van der Waals surface area contributed by atoms with Crippen LogP contribution in [0, 0.1) is 24.0 Å². The molecule has 9 heteroatoms. The van der Waals surface area contributed by atoms with Gasteiger partial charge in [-0.05, 0) is 43.5 Å². The molecule has 1 aliphatic rings. The van der Waals surface area contributed by atoms with Gasteiger partial charge in [-0.25, -0.2) is 4.79 Å². The molecule has 0 unspecified atom stereocenters. The molecular formula is C18H20N4O5. The SMILES string of the molecule is Cc1nn(CCC(=O)N2CCc3ccc(C(=O)O)cc3C2)c(C)c1[N+](=O)[O-]. The van der Waals surface area contributed by atoms with E-state index >= 15 is 0 Å². The molecule has 2 heterocycles. The lowest BCUT2D eigenvalue weighted by Crippen LogP contribution is -2.36. The molecule has 1 N–H and O–H groups in total. The molecule has 9 nitrogen and oxygen atoms in total. The molecule has 0 fully saturated rings. The van der Waals surface area contributed by atoms with Crippen molar-refractivity contribution in [3.05, 3.63) is 56.4 Å². The lowest BCUT2D eigenvalue weighted by atomic mass is 9.97. The minimum Gasteiger partial charge on any atom is -0.478 e. The summed E-state index contributed by atoms with van der Waals surface area (Å²) >= 11 is 0. The smallest absolute Gasteiger partial charge is 0.335 e. The predicted molar refractivity (Wildman–Crippen MR) is 95.5 cm³/mol. The number of carbonyl (C=O) groups is 2. The Morgan fingerprint density at radius 2 is 2.04 bits per heavy atom. The summed E-state index contributed by atoms with van der Waals surface area (Å²) in [7, 11) is 0. The lowest BCUT2D eigenvalue weighted by molar-refractivity contribution is -0.386. The summed E-state index contributed by atoms with van der Waals surface area (Å²) in [6.45, 7) is 4.39. The molecule has 1 aromatic carbocycles. The number of benzene rings is 1. The summed E-state index contributed by atoms with van der Waals surface area (Å²) in [4.78, 5) is 36.0. The number of rotatable bonds is 5. The molecule has 1 aliphatic heterocycles. The van der Waals surface area contributed by atoms with E-state index in [1.165, 1.54) is 4.68 Å². The van der Waals surface area contributed by atoms with Crippen molar-refractivity contribution in [3.63, 3.8) is 0 Å². The van der Waals surface area contributed by atoms with Crippen LogP contribution in [0.5, 0.6) is 0 Å². The number of aryl methyl sites for hydroxylation is 2. The fraction of sp³-hybridized carbons (Fsp3) is 0.389. The highest BCUT2D eigenvalue weighted by molar-refractivity contribution is 5.88. The van der Waals surface area contributed by atoms with E-state index in [9.17, 15) is 19.7 Å². The lowest BCUT2D eigenvalue weighted by Gasteiger charge is -2.29. The second-order valence-corrected chi connectivity index (χ2v) is 6.60. The Labute approximate surface area is 155 Å². The van der Waals surface area contributed by atoms with Crippen molar-refractivity contribution >= 4 is 17.6 Å². The number of amides is 1. The van der Waals surface area contributed by atoms with Gasteiger partial charge in [0.1, 0.15) is 11.4 Å². The highest BCUT2D eigenvalue weighted by Crippen LogP contribution is 2.23. The Morgan fingerprint density at radius 1 is 1.30 bits per heavy atom. The van der Waals surface area contributed by atoms with Crippen molar-refractivity contribution < 1.29 is 19.6 Å². The zero-order valence-corrected chi connectivity index (χ0v) is 15.1. The van der Waals surface area contributed by atoms with E-state index in [-0.39, 0.29) is 30.1 Å². The van der Waals surface area contributed by atoms with Crippen LogP contribution in [0.25, 0.3) is 0 Å². The van der Waals surface area contributed by atoms with Gasteiger partial charge in [0.05, 0.1) is 17.0 Å². The number of hydrogen-bond acceptors (Lipinski definition) is 5. The zero-order chi connectivity index (χ0) is 19.7. The summed E-state index contributed by atoms with van der Waals surface area (Å²) in [6.07, 6.45) is 0.847. The van der Waals surface area contributed by atoms with Crippen molar-refractivity contribution in [2.24, 2.45) is 0 Å². The van der Waals surface area contributed by atoms with Gasteiger partial charge in [-0.1, -0.05) is 6.07 Å². The number of hydrogen-bond donors (Lipinski definition) is 1. The molecule has 0 saturated carbocycles. The average Bonchev–Trinajstić information content (AvgIpc) is 2.92. The van der Waals surface area contributed by atoms with E-state index < -0.39 is 10.9 Å². The number of nitro groups is 1. The van der Waals surface area contributed by atoms with E-state index in [2.05, 4.69) is 5.10 Å². The van der Waals surface area contributed by atoms with E-state index in [1.54, 1.807) is 36.9 Å². The average molecular weight is 372 g/mol. The Hall–Kier alpha value is -3.23. The second-order valence-electron chi connectivity index (χ2n) is 6.60. The molecule has 142 valence electrons. The topological polar surface area (TPSA) is 119 Å². The Morgan fingerprint density at radius 3 is 2.67 bits per heavy atom. The van der Waals surface area contributed by atoms with Crippen LogP contribution in [0.1, 0.15) is 39.3 Å². The van der Waals surface area contributed by atoms with Crippen LogP contribution in [0.15, 0.2) is 18.2 Å². The third-order valence-corrected chi connectivity index (χ3v) is 4.88. The molecule has 0 bridgehead atoms. The summed E-state index contributed by atoms with van der Waals surface area (Å²) in [5.41, 5.74) is 2.85. The van der Waals surface area contributed by atoms with Crippen LogP contribution in [0.4, 0.5) is 5.69 Å². The van der Waals surface area contributed by atoms with E-state index in [1.807, 2.05) is 0 Å². The molecule has 2 aromatic rings. The van der Waals surface area contributed by atoms with E-state index in [0.717, 1.165) is 11.1 Å². The monoisotopic (exact) mass is 372 g/mol. The number of nitrogens with zero attached hydrogens (tertiary/aromatic N) is 4. The molecule has 0 saturated heterocycles. The van der Waals surface area contributed by atoms with Gasteiger partial charge >= 0.3 is 11.7 Å². The molecule has 0 aliphatic carbocycles. The molecule has 1 amide bonds. The number of aromatic nitrogens is 2. The van der Waals surface area contributed by atoms with Crippen LogP contribution in [-0.4, -0.2) is 43.1 Å². The third-order valence-electron chi connectivity index (χ3n) is 4.88. The maximum Gasteiger partial charge on any atom is 0.335 e. The van der Waals surface area contributed by atoms with Crippen LogP contribution in [-0.2, 0) is 24.3 Å². The number of carboxylic acids is 1. The quantitative estimate of drug-likeness (QED) is 0.634. The standard InChI is InChI=1S/C18H20N4O5/c1-11-17(22(26)27)12(2)21(19-11)8-6-16(23)20-7-5-13-3-4-14(18(24)25)9-15(13)10-20/h3-4,9H,5-8,10H2,1-2H3,(H,24,25). The summed E-state index contributed by atoms with van der Waals surface area (Å²) in [5.74, 6) is -1.08. The fourth-order valence-corrected chi connectivity index (χ4v) is 3.43. The first-order chi connectivity index (χ1) is 12.8.